The molecule has 1 atom stereocenters. The molecular formula is C16H23ClN4O2. The molecule has 2 aromatic rings. The molecule has 23 heavy (non-hydrogen) atoms. The molecule has 3 N–H and O–H groups in total. The van der Waals surface area contributed by atoms with Crippen molar-refractivity contribution in [1.29, 1.82) is 0 Å². The number of hydrogen-bond acceptors (Lipinski definition) is 3. The standard InChI is InChI=1S/C16H22N4O2.ClH/c1-10(2)13(17)15(21)18-14-11(3)19(4)20(16(14)22)12-8-6-5-7-9-12;/h5-10,13H,17H2,1-4H3,(H,18,21);1H/t13-;/m1./s1. The second kappa shape index (κ2) is 7.48. The van der Waals surface area contributed by atoms with Crippen molar-refractivity contribution in [1.82, 2.24) is 9.36 Å². The van der Waals surface area contributed by atoms with Gasteiger partial charge in [-0.2, -0.15) is 0 Å². The molecule has 2 rings (SSSR count). The van der Waals surface area contributed by atoms with Crippen molar-refractivity contribution in [2.75, 3.05) is 5.32 Å². The fourth-order valence-corrected chi connectivity index (χ4v) is 2.22. The zero-order chi connectivity index (χ0) is 16.4. The molecule has 0 fully saturated rings. The first-order valence-electron chi connectivity index (χ1n) is 7.25. The Morgan fingerprint density at radius 3 is 2.30 bits per heavy atom. The lowest BCUT2D eigenvalue weighted by Gasteiger charge is -2.14. The minimum Gasteiger partial charge on any atom is -0.320 e. The van der Waals surface area contributed by atoms with Crippen LogP contribution in [0.15, 0.2) is 35.1 Å². The van der Waals surface area contributed by atoms with Crippen molar-refractivity contribution in [3.8, 4) is 5.69 Å². The Hall–Kier alpha value is -2.05. The Bertz CT molecular complexity index is 735. The lowest BCUT2D eigenvalue weighted by molar-refractivity contribution is -0.118. The molecule has 0 saturated heterocycles. The van der Waals surface area contributed by atoms with Gasteiger partial charge in [0.1, 0.15) is 5.69 Å². The Morgan fingerprint density at radius 1 is 1.22 bits per heavy atom. The third-order valence-corrected chi connectivity index (χ3v) is 3.82. The van der Waals surface area contributed by atoms with Gasteiger partial charge in [0.05, 0.1) is 17.4 Å². The van der Waals surface area contributed by atoms with Crippen LogP contribution in [0.5, 0.6) is 0 Å². The number of nitrogens with two attached hydrogens (primary N) is 1. The van der Waals surface area contributed by atoms with E-state index in [0.29, 0.717) is 5.69 Å². The number of carbonyl (C=O) groups excluding carboxylic acids is 1. The molecular weight excluding hydrogens is 316 g/mol. The summed E-state index contributed by atoms with van der Waals surface area (Å²) in [6, 6.07) is 8.63. The van der Waals surface area contributed by atoms with Gasteiger partial charge >= 0.3 is 0 Å². The second-order valence-corrected chi connectivity index (χ2v) is 5.70. The number of benzene rings is 1. The van der Waals surface area contributed by atoms with Crippen molar-refractivity contribution in [2.45, 2.75) is 26.8 Å². The molecule has 1 heterocycles. The molecule has 1 aromatic carbocycles. The molecule has 0 aliphatic carbocycles. The van der Waals surface area contributed by atoms with Crippen molar-refractivity contribution >= 4 is 24.0 Å². The van der Waals surface area contributed by atoms with Gasteiger partial charge in [0.25, 0.3) is 5.56 Å². The number of hydrogen-bond donors (Lipinski definition) is 2. The fraction of sp³-hybridized carbons (Fsp3) is 0.375. The first-order chi connectivity index (χ1) is 10.3. The first kappa shape index (κ1) is 19.0. The molecule has 0 bridgehead atoms. The molecule has 126 valence electrons. The van der Waals surface area contributed by atoms with Crippen molar-refractivity contribution in [3.05, 3.63) is 46.4 Å². The molecule has 1 amide bonds. The van der Waals surface area contributed by atoms with Gasteiger partial charge < -0.3 is 11.1 Å². The third kappa shape index (κ3) is 3.65. The fourth-order valence-electron chi connectivity index (χ4n) is 2.22. The van der Waals surface area contributed by atoms with Crippen molar-refractivity contribution < 1.29 is 4.79 Å². The van der Waals surface area contributed by atoms with Crippen LogP contribution in [0.3, 0.4) is 0 Å². The molecule has 1 aromatic heterocycles. The second-order valence-electron chi connectivity index (χ2n) is 5.70. The quantitative estimate of drug-likeness (QED) is 0.892. The monoisotopic (exact) mass is 338 g/mol. The van der Waals surface area contributed by atoms with E-state index in [1.165, 1.54) is 4.68 Å². The van der Waals surface area contributed by atoms with Gasteiger partial charge in [0.2, 0.25) is 5.91 Å². The van der Waals surface area contributed by atoms with Gasteiger partial charge in [-0.3, -0.25) is 14.3 Å². The summed E-state index contributed by atoms with van der Waals surface area (Å²) in [4.78, 5) is 24.7. The van der Waals surface area contributed by atoms with Crippen LogP contribution in [-0.4, -0.2) is 21.3 Å². The van der Waals surface area contributed by atoms with Crippen LogP contribution in [-0.2, 0) is 11.8 Å². The summed E-state index contributed by atoms with van der Waals surface area (Å²) in [5, 5.41) is 2.67. The van der Waals surface area contributed by atoms with E-state index < -0.39 is 6.04 Å². The van der Waals surface area contributed by atoms with E-state index in [0.717, 1.165) is 5.69 Å². The summed E-state index contributed by atoms with van der Waals surface area (Å²) in [6.45, 7) is 5.52. The van der Waals surface area contributed by atoms with Gasteiger partial charge in [-0.05, 0) is 25.0 Å². The predicted octanol–water partition coefficient (Wildman–Crippen LogP) is 1.83. The van der Waals surface area contributed by atoms with E-state index in [1.807, 2.05) is 44.2 Å². The topological polar surface area (TPSA) is 82.1 Å². The van der Waals surface area contributed by atoms with Crippen LogP contribution in [0.25, 0.3) is 5.69 Å². The summed E-state index contributed by atoms with van der Waals surface area (Å²) in [5.41, 5.74) is 7.26. The van der Waals surface area contributed by atoms with E-state index in [4.69, 9.17) is 5.73 Å². The highest BCUT2D eigenvalue weighted by Crippen LogP contribution is 2.14. The zero-order valence-corrected chi connectivity index (χ0v) is 14.6. The van der Waals surface area contributed by atoms with E-state index in [9.17, 15) is 9.59 Å². The molecule has 6 nitrogen and oxygen atoms in total. The number of aromatic nitrogens is 2. The predicted molar refractivity (Wildman–Crippen MR) is 94.4 cm³/mol. The molecule has 0 aliphatic heterocycles. The highest BCUT2D eigenvalue weighted by Gasteiger charge is 2.22. The minimum atomic E-state index is -0.649. The van der Waals surface area contributed by atoms with E-state index in [2.05, 4.69) is 5.32 Å². The number of nitrogens with one attached hydrogen (secondary N) is 1. The molecule has 0 aliphatic rings. The summed E-state index contributed by atoms with van der Waals surface area (Å²) < 4.78 is 3.24. The number of amides is 1. The largest absolute Gasteiger partial charge is 0.320 e. The van der Waals surface area contributed by atoms with Crippen LogP contribution in [0.4, 0.5) is 5.69 Å². The van der Waals surface area contributed by atoms with Crippen molar-refractivity contribution in [2.24, 2.45) is 18.7 Å². The number of rotatable bonds is 4. The maximum Gasteiger partial charge on any atom is 0.295 e. The van der Waals surface area contributed by atoms with Crippen LogP contribution < -0.4 is 16.6 Å². The van der Waals surface area contributed by atoms with Crippen LogP contribution >= 0.6 is 12.4 Å². The lowest BCUT2D eigenvalue weighted by Crippen LogP contribution is -2.40. The van der Waals surface area contributed by atoms with Gasteiger partial charge in [-0.15, -0.1) is 12.4 Å². The average Bonchev–Trinajstić information content (AvgIpc) is 2.71. The van der Waals surface area contributed by atoms with E-state index >= 15 is 0 Å². The van der Waals surface area contributed by atoms with Crippen LogP contribution in [0.1, 0.15) is 19.5 Å². The van der Waals surface area contributed by atoms with Gasteiger partial charge in [0.15, 0.2) is 0 Å². The van der Waals surface area contributed by atoms with E-state index in [-0.39, 0.29) is 35.5 Å². The number of para-hydroxylation sites is 1. The molecule has 0 unspecified atom stereocenters. The maximum absolute atomic E-state index is 12.6. The van der Waals surface area contributed by atoms with Crippen LogP contribution in [0, 0.1) is 12.8 Å². The molecule has 7 heteroatoms. The third-order valence-electron chi connectivity index (χ3n) is 3.82. The Kier molecular flexibility index (Phi) is 6.18. The smallest absolute Gasteiger partial charge is 0.295 e. The highest BCUT2D eigenvalue weighted by molar-refractivity contribution is 5.95. The first-order valence-corrected chi connectivity index (χ1v) is 7.25. The maximum atomic E-state index is 12.6. The average molecular weight is 339 g/mol. The molecule has 0 spiro atoms. The normalized spacial score (nSPS) is 11.9. The molecule has 0 radical (unpaired) electrons. The van der Waals surface area contributed by atoms with E-state index in [1.54, 1.807) is 18.7 Å². The van der Waals surface area contributed by atoms with Gasteiger partial charge in [-0.1, -0.05) is 32.0 Å². The Morgan fingerprint density at radius 2 is 1.78 bits per heavy atom. The zero-order valence-electron chi connectivity index (χ0n) is 13.7. The SMILES string of the molecule is Cc1c(NC(=O)[C@H](N)C(C)C)c(=O)n(-c2ccccc2)n1C.Cl. The van der Waals surface area contributed by atoms with Gasteiger partial charge in [-0.25, -0.2) is 4.68 Å². The summed E-state index contributed by atoms with van der Waals surface area (Å²) >= 11 is 0. The highest BCUT2D eigenvalue weighted by atomic mass is 35.5. The summed E-state index contributed by atoms with van der Waals surface area (Å²) in [6.07, 6.45) is 0. The number of carbonyl (C=O) groups is 1. The van der Waals surface area contributed by atoms with Gasteiger partial charge in [0, 0.05) is 7.05 Å². The minimum absolute atomic E-state index is 0. The van der Waals surface area contributed by atoms with Crippen LogP contribution in [0.2, 0.25) is 0 Å². The Labute approximate surface area is 141 Å². The summed E-state index contributed by atoms with van der Waals surface area (Å²) in [7, 11) is 1.78. The molecule has 0 saturated carbocycles. The number of anilines is 1. The number of nitrogens with zero attached hydrogens (tertiary/aromatic N) is 2. The number of halogens is 1. The Balaban J connectivity index is 0.00000264. The lowest BCUT2D eigenvalue weighted by atomic mass is 10.1. The summed E-state index contributed by atoms with van der Waals surface area (Å²) in [5.74, 6) is -0.346. The van der Waals surface area contributed by atoms with Crippen molar-refractivity contribution in [3.63, 3.8) is 0 Å².